The number of primary amides is 1. The van der Waals surface area contributed by atoms with Gasteiger partial charge in [-0.15, -0.1) is 6.58 Å². The summed E-state index contributed by atoms with van der Waals surface area (Å²) in [6.07, 6.45) is 2.91. The Labute approximate surface area is 283 Å². The number of carbonyl (C=O) groups excluding carboxylic acids is 4. The summed E-state index contributed by atoms with van der Waals surface area (Å²) in [7, 11) is 0. The van der Waals surface area contributed by atoms with Crippen LogP contribution in [0.25, 0.3) is 0 Å². The number of halogens is 1. The summed E-state index contributed by atoms with van der Waals surface area (Å²) in [6.45, 7) is 17.9. The summed E-state index contributed by atoms with van der Waals surface area (Å²) in [5.41, 5.74) is 7.52. The molecule has 12 nitrogen and oxygen atoms in total. The Balaban J connectivity index is 1.32. The van der Waals surface area contributed by atoms with Gasteiger partial charge in [0.25, 0.3) is 5.91 Å². The number of nitrogens with zero attached hydrogens (tertiary/aromatic N) is 3. The number of hydrogen-bond acceptors (Lipinski definition) is 8. The lowest BCUT2D eigenvalue weighted by Crippen LogP contribution is -2.75. The molecule has 0 radical (unpaired) electrons. The number of piperazine rings is 3. The molecule has 0 aliphatic carbocycles. The van der Waals surface area contributed by atoms with E-state index in [0.29, 0.717) is 17.9 Å². The minimum atomic E-state index is -0.791. The number of carbonyl (C=O) groups is 4. The number of rotatable bonds is 15. The third-order valence-electron chi connectivity index (χ3n) is 10.1. The first kappa shape index (κ1) is 34.1. The molecule has 0 saturated carbocycles. The summed E-state index contributed by atoms with van der Waals surface area (Å²) in [5, 5.41) is 0. The van der Waals surface area contributed by atoms with Gasteiger partial charge in [0.1, 0.15) is 77.1 Å². The van der Waals surface area contributed by atoms with Gasteiger partial charge in [0.15, 0.2) is 6.54 Å². The second kappa shape index (κ2) is 13.8. The molecule has 3 unspecified atom stereocenters. The number of amides is 2. The van der Waals surface area contributed by atoms with Gasteiger partial charge < -0.3 is 29.1 Å². The monoisotopic (exact) mass is 750 g/mol. The molecule has 13 heteroatoms. The molecule has 2 N–H and O–H groups in total. The summed E-state index contributed by atoms with van der Waals surface area (Å²) < 4.78 is 14.5. The number of hydrogen-bond donors (Lipinski definition) is 1. The Kier molecular flexibility index (Phi) is 10.3. The summed E-state index contributed by atoms with van der Waals surface area (Å²) in [5.74, 6) is -2.95. The van der Waals surface area contributed by atoms with E-state index in [9.17, 15) is 19.2 Å². The van der Waals surface area contributed by atoms with Crippen LogP contribution < -0.4 is 10.5 Å². The van der Waals surface area contributed by atoms with Crippen LogP contribution in [0, 0.1) is 21.3 Å². The summed E-state index contributed by atoms with van der Waals surface area (Å²) in [6, 6.07) is 5.58. The van der Waals surface area contributed by atoms with Crippen molar-refractivity contribution < 1.29 is 47.4 Å². The van der Waals surface area contributed by atoms with Crippen molar-refractivity contribution >= 4 is 46.3 Å². The summed E-state index contributed by atoms with van der Waals surface area (Å²) in [4.78, 5) is 62.1. The zero-order valence-corrected chi connectivity index (χ0v) is 28.6. The first-order valence-electron chi connectivity index (χ1n) is 15.6. The van der Waals surface area contributed by atoms with Gasteiger partial charge in [0, 0.05) is 17.1 Å². The molecule has 2 bridgehead atoms. The van der Waals surface area contributed by atoms with E-state index >= 15 is 0 Å². The molecule has 0 spiro atoms. The second-order valence-electron chi connectivity index (χ2n) is 12.9. The Morgan fingerprint density at radius 3 is 2.37 bits per heavy atom. The van der Waals surface area contributed by atoms with Crippen LogP contribution in [-0.2, 0) is 40.2 Å². The molecule has 4 saturated heterocycles. The van der Waals surface area contributed by atoms with E-state index in [2.05, 4.69) is 41.8 Å². The highest BCUT2D eigenvalue weighted by atomic mass is 127. The smallest absolute Gasteiger partial charge is 0.355 e. The molecule has 6 rings (SSSR count). The quantitative estimate of drug-likeness (QED) is 0.0422. The number of nitrogens with two attached hydrogens (primary N) is 1. The minimum absolute atomic E-state index is 0.00712. The van der Waals surface area contributed by atoms with Crippen LogP contribution in [0.4, 0.5) is 0 Å². The molecule has 46 heavy (non-hydrogen) atoms. The number of β-lactam (4-membered cyclic amide) rings is 1. The van der Waals surface area contributed by atoms with Gasteiger partial charge >= 0.3 is 11.9 Å². The molecule has 5 heterocycles. The maximum absolute atomic E-state index is 13.4. The van der Waals surface area contributed by atoms with E-state index in [1.165, 1.54) is 22.6 Å². The van der Waals surface area contributed by atoms with Gasteiger partial charge in [0.2, 0.25) is 5.91 Å². The standard InChI is InChI=1S/C33H42IN4O8/c1-5-16-43-33(42)30-24(21(3)29-27(31(40)36(29)30)22(4)32(41)46-45-17-6-2)20-44-25-9-7-8-23(28(25)34)18-37-10-13-38(14-11-37,15-12-37)19-26(35)39/h5-9,21-22,27,29H,1-2,10-20H2,3-4H3,(H-,35,39)/q+1/p+1/t21-,22?,27?,29?,37?,38?/m0/s1. The number of quaternary nitrogens is 2. The molecule has 4 atom stereocenters. The van der Waals surface area contributed by atoms with E-state index in [-0.39, 0.29) is 43.2 Å². The normalized spacial score (nSPS) is 28.6. The first-order chi connectivity index (χ1) is 22.0. The molecule has 1 aromatic rings. The Morgan fingerprint density at radius 1 is 1.09 bits per heavy atom. The van der Waals surface area contributed by atoms with Crippen LogP contribution in [0.2, 0.25) is 0 Å². The van der Waals surface area contributed by atoms with Crippen LogP contribution in [0.5, 0.6) is 5.75 Å². The van der Waals surface area contributed by atoms with Crippen LogP contribution in [0.3, 0.4) is 0 Å². The lowest BCUT2D eigenvalue weighted by Gasteiger charge is -2.55. The highest BCUT2D eigenvalue weighted by molar-refractivity contribution is 14.1. The fourth-order valence-electron chi connectivity index (χ4n) is 7.46. The molecule has 5 aliphatic heterocycles. The predicted molar refractivity (Wildman–Crippen MR) is 175 cm³/mol. The van der Waals surface area contributed by atoms with E-state index in [1.807, 2.05) is 19.1 Å². The first-order valence-corrected chi connectivity index (χ1v) is 16.7. The number of fused-ring (bicyclic) bond motifs is 4. The average Bonchev–Trinajstić information content (AvgIpc) is 3.28. The van der Waals surface area contributed by atoms with Crippen LogP contribution in [-0.4, -0.2) is 109 Å². The van der Waals surface area contributed by atoms with Crippen LogP contribution in [0.1, 0.15) is 19.4 Å². The van der Waals surface area contributed by atoms with Crippen LogP contribution >= 0.6 is 22.6 Å². The van der Waals surface area contributed by atoms with E-state index in [1.54, 1.807) is 6.92 Å². The van der Waals surface area contributed by atoms with E-state index in [0.717, 1.165) is 58.3 Å². The average molecular weight is 751 g/mol. The lowest BCUT2D eigenvalue weighted by molar-refractivity contribution is -1.08. The van der Waals surface area contributed by atoms with Gasteiger partial charge in [-0.1, -0.05) is 44.7 Å². The zero-order valence-electron chi connectivity index (χ0n) is 26.5. The van der Waals surface area contributed by atoms with Gasteiger partial charge in [-0.05, 0) is 28.7 Å². The van der Waals surface area contributed by atoms with Crippen molar-refractivity contribution in [2.24, 2.45) is 23.5 Å². The van der Waals surface area contributed by atoms with Crippen molar-refractivity contribution in [3.63, 3.8) is 0 Å². The number of benzene rings is 1. The molecular formula is C33H43IN4O8+2. The third-order valence-corrected chi connectivity index (χ3v) is 11.4. The number of ether oxygens (including phenoxy) is 2. The maximum Gasteiger partial charge on any atom is 0.355 e. The van der Waals surface area contributed by atoms with Gasteiger partial charge in [-0.2, -0.15) is 4.89 Å². The fraction of sp³-hybridized carbons (Fsp3) is 0.515. The zero-order chi connectivity index (χ0) is 33.2. The van der Waals surface area contributed by atoms with Gasteiger partial charge in [0.05, 0.1) is 21.4 Å². The molecule has 0 aromatic heterocycles. The highest BCUT2D eigenvalue weighted by Gasteiger charge is 2.61. The van der Waals surface area contributed by atoms with Crippen molar-refractivity contribution in [2.45, 2.75) is 26.4 Å². The van der Waals surface area contributed by atoms with E-state index in [4.69, 9.17) is 25.0 Å². The minimum Gasteiger partial charge on any atom is -0.488 e. The van der Waals surface area contributed by atoms with Gasteiger partial charge in [-0.25, -0.2) is 9.59 Å². The fourth-order valence-corrected chi connectivity index (χ4v) is 8.15. The third kappa shape index (κ3) is 6.46. The molecule has 248 valence electrons. The van der Waals surface area contributed by atoms with Crippen molar-refractivity contribution in [3.8, 4) is 5.75 Å². The lowest BCUT2D eigenvalue weighted by atomic mass is 9.74. The van der Waals surface area contributed by atoms with E-state index < -0.39 is 29.8 Å². The second-order valence-corrected chi connectivity index (χ2v) is 13.9. The Morgan fingerprint density at radius 2 is 1.74 bits per heavy atom. The molecule has 1 aromatic carbocycles. The SMILES string of the molecule is C=CCOOC(=O)C(C)C1C(=O)N2C(C(=O)OCC=C)=C(COc3cccc(C[N+]45CC[N+](CC(N)=O)(CC4)CC5)c3I)[C@H](C)C12. The highest BCUT2D eigenvalue weighted by Crippen LogP contribution is 2.49. The van der Waals surface area contributed by atoms with Crippen molar-refractivity contribution in [1.29, 1.82) is 0 Å². The number of esters is 1. The summed E-state index contributed by atoms with van der Waals surface area (Å²) >= 11 is 2.32. The largest absolute Gasteiger partial charge is 0.488 e. The van der Waals surface area contributed by atoms with Crippen molar-refractivity contribution in [2.75, 3.05) is 65.6 Å². The van der Waals surface area contributed by atoms with Crippen molar-refractivity contribution in [3.05, 3.63) is 63.9 Å². The van der Waals surface area contributed by atoms with Gasteiger partial charge in [-0.3, -0.25) is 14.5 Å². The molecule has 4 fully saturated rings. The molecular weight excluding hydrogens is 707 g/mol. The molecule has 2 amide bonds. The predicted octanol–water partition coefficient (Wildman–Crippen LogP) is 2.07. The Bertz CT molecular complexity index is 1440. The molecule has 5 aliphatic rings. The Hall–Kier alpha value is -3.27. The van der Waals surface area contributed by atoms with Crippen LogP contribution in [0.15, 0.2) is 54.8 Å². The maximum atomic E-state index is 13.4. The van der Waals surface area contributed by atoms with Crippen molar-refractivity contribution in [1.82, 2.24) is 4.90 Å². The topological polar surface area (TPSA) is 134 Å².